The number of rotatable bonds is 6. The van der Waals surface area contributed by atoms with Crippen LogP contribution in [0, 0.1) is 0 Å². The largest absolute Gasteiger partial charge is 0.497 e. The standard InChI is InChI=1S/C17H17Cl2NO3/c1-22-14-6-4-11(16(9-14)23-2)7-17(21)20-10-12-3-5-13(18)8-15(12)19/h3-6,8-9H,7,10H2,1-2H3,(H,20,21). The van der Waals surface area contributed by atoms with E-state index in [1.54, 1.807) is 44.6 Å². The summed E-state index contributed by atoms with van der Waals surface area (Å²) in [4.78, 5) is 12.1. The summed E-state index contributed by atoms with van der Waals surface area (Å²) in [5, 5.41) is 3.92. The predicted molar refractivity (Wildman–Crippen MR) is 91.6 cm³/mol. The Morgan fingerprint density at radius 3 is 2.43 bits per heavy atom. The molecular weight excluding hydrogens is 337 g/mol. The molecule has 2 rings (SSSR count). The summed E-state index contributed by atoms with van der Waals surface area (Å²) >= 11 is 11.9. The highest BCUT2D eigenvalue weighted by Gasteiger charge is 2.10. The van der Waals surface area contributed by atoms with Crippen molar-refractivity contribution < 1.29 is 14.3 Å². The third-order valence-electron chi connectivity index (χ3n) is 3.34. The average molecular weight is 354 g/mol. The fourth-order valence-corrected chi connectivity index (χ4v) is 2.57. The van der Waals surface area contributed by atoms with Gasteiger partial charge in [-0.25, -0.2) is 0 Å². The smallest absolute Gasteiger partial charge is 0.224 e. The number of hydrogen-bond donors (Lipinski definition) is 1. The van der Waals surface area contributed by atoms with Crippen LogP contribution in [0.3, 0.4) is 0 Å². The Kier molecular flexibility index (Phi) is 6.13. The second kappa shape index (κ2) is 8.09. The first-order chi connectivity index (χ1) is 11.0. The molecule has 0 spiro atoms. The number of carbonyl (C=O) groups is 1. The number of benzene rings is 2. The van der Waals surface area contributed by atoms with Gasteiger partial charge in [0.15, 0.2) is 0 Å². The first-order valence-electron chi connectivity index (χ1n) is 6.95. The number of nitrogens with one attached hydrogen (secondary N) is 1. The summed E-state index contributed by atoms with van der Waals surface area (Å²) in [6, 6.07) is 10.5. The lowest BCUT2D eigenvalue weighted by molar-refractivity contribution is -0.120. The molecule has 0 aromatic heterocycles. The van der Waals surface area contributed by atoms with Crippen LogP contribution in [0.15, 0.2) is 36.4 Å². The van der Waals surface area contributed by atoms with E-state index >= 15 is 0 Å². The van der Waals surface area contributed by atoms with Crippen molar-refractivity contribution in [2.75, 3.05) is 14.2 Å². The second-order valence-electron chi connectivity index (χ2n) is 4.87. The molecule has 0 saturated heterocycles. The molecule has 0 aliphatic heterocycles. The van der Waals surface area contributed by atoms with Gasteiger partial charge >= 0.3 is 0 Å². The Morgan fingerprint density at radius 1 is 1.04 bits per heavy atom. The SMILES string of the molecule is COc1ccc(CC(=O)NCc2ccc(Cl)cc2Cl)c(OC)c1. The van der Waals surface area contributed by atoms with Crippen molar-refractivity contribution in [3.63, 3.8) is 0 Å². The maximum Gasteiger partial charge on any atom is 0.224 e. The molecule has 122 valence electrons. The highest BCUT2D eigenvalue weighted by Crippen LogP contribution is 2.25. The molecule has 0 aliphatic rings. The molecule has 4 nitrogen and oxygen atoms in total. The molecule has 2 aromatic carbocycles. The first-order valence-corrected chi connectivity index (χ1v) is 7.70. The minimum Gasteiger partial charge on any atom is -0.497 e. The lowest BCUT2D eigenvalue weighted by Gasteiger charge is -2.11. The van der Waals surface area contributed by atoms with Crippen molar-refractivity contribution >= 4 is 29.1 Å². The summed E-state index contributed by atoms with van der Waals surface area (Å²) in [7, 11) is 3.14. The number of carbonyl (C=O) groups excluding carboxylic acids is 1. The zero-order valence-corrected chi connectivity index (χ0v) is 14.4. The van der Waals surface area contributed by atoms with Gasteiger partial charge in [-0.1, -0.05) is 35.3 Å². The molecule has 0 heterocycles. The van der Waals surface area contributed by atoms with Crippen LogP contribution >= 0.6 is 23.2 Å². The lowest BCUT2D eigenvalue weighted by atomic mass is 10.1. The third kappa shape index (κ3) is 4.78. The van der Waals surface area contributed by atoms with Gasteiger partial charge in [-0.15, -0.1) is 0 Å². The molecule has 1 amide bonds. The van der Waals surface area contributed by atoms with E-state index in [2.05, 4.69) is 5.32 Å². The van der Waals surface area contributed by atoms with Crippen LogP contribution in [-0.2, 0) is 17.8 Å². The van der Waals surface area contributed by atoms with Gasteiger partial charge < -0.3 is 14.8 Å². The number of hydrogen-bond acceptors (Lipinski definition) is 3. The van der Waals surface area contributed by atoms with Gasteiger partial charge in [0.1, 0.15) is 11.5 Å². The van der Waals surface area contributed by atoms with Gasteiger partial charge in [-0.2, -0.15) is 0 Å². The van der Waals surface area contributed by atoms with Crippen LogP contribution < -0.4 is 14.8 Å². The van der Waals surface area contributed by atoms with Gasteiger partial charge in [0.05, 0.1) is 20.6 Å². The first kappa shape index (κ1) is 17.4. The van der Waals surface area contributed by atoms with E-state index in [-0.39, 0.29) is 12.3 Å². The molecule has 0 bridgehead atoms. The molecular formula is C17H17Cl2NO3. The van der Waals surface area contributed by atoms with E-state index in [4.69, 9.17) is 32.7 Å². The molecule has 0 radical (unpaired) electrons. The minimum absolute atomic E-state index is 0.125. The van der Waals surface area contributed by atoms with Crippen LogP contribution in [0.1, 0.15) is 11.1 Å². The summed E-state index contributed by atoms with van der Waals surface area (Å²) in [6.07, 6.45) is 0.207. The van der Waals surface area contributed by atoms with Crippen LogP contribution in [0.5, 0.6) is 11.5 Å². The summed E-state index contributed by atoms with van der Waals surface area (Å²) in [5.74, 6) is 1.17. The molecule has 0 aliphatic carbocycles. The molecule has 0 unspecified atom stereocenters. The summed E-state index contributed by atoms with van der Waals surface area (Å²) in [6.45, 7) is 0.341. The van der Waals surface area contributed by atoms with Gasteiger partial charge in [0.25, 0.3) is 0 Å². The highest BCUT2D eigenvalue weighted by atomic mass is 35.5. The predicted octanol–water partition coefficient (Wildman–Crippen LogP) is 3.87. The zero-order chi connectivity index (χ0) is 16.8. The minimum atomic E-state index is -0.125. The molecule has 0 saturated carbocycles. The van der Waals surface area contributed by atoms with Crippen molar-refractivity contribution in [3.8, 4) is 11.5 Å². The zero-order valence-electron chi connectivity index (χ0n) is 12.9. The topological polar surface area (TPSA) is 47.6 Å². The second-order valence-corrected chi connectivity index (χ2v) is 5.71. The summed E-state index contributed by atoms with van der Waals surface area (Å²) in [5.41, 5.74) is 1.60. The Bertz CT molecular complexity index is 704. The molecule has 2 aromatic rings. The third-order valence-corrected chi connectivity index (χ3v) is 3.92. The van der Waals surface area contributed by atoms with Crippen molar-refractivity contribution in [2.45, 2.75) is 13.0 Å². The fraction of sp³-hybridized carbons (Fsp3) is 0.235. The Labute approximate surface area is 145 Å². The van der Waals surface area contributed by atoms with E-state index < -0.39 is 0 Å². The maximum absolute atomic E-state index is 12.1. The van der Waals surface area contributed by atoms with E-state index in [1.807, 2.05) is 6.07 Å². The molecule has 1 N–H and O–H groups in total. The molecule has 6 heteroatoms. The molecule has 0 fully saturated rings. The van der Waals surface area contributed by atoms with Crippen LogP contribution in [0.4, 0.5) is 0 Å². The Morgan fingerprint density at radius 2 is 1.78 bits per heavy atom. The van der Waals surface area contributed by atoms with E-state index in [1.165, 1.54) is 0 Å². The average Bonchev–Trinajstić information content (AvgIpc) is 2.54. The lowest BCUT2D eigenvalue weighted by Crippen LogP contribution is -2.24. The molecule has 23 heavy (non-hydrogen) atoms. The van der Waals surface area contributed by atoms with E-state index in [9.17, 15) is 4.79 Å². The highest BCUT2D eigenvalue weighted by molar-refractivity contribution is 6.35. The van der Waals surface area contributed by atoms with E-state index in [0.29, 0.717) is 28.1 Å². The van der Waals surface area contributed by atoms with E-state index in [0.717, 1.165) is 11.1 Å². The van der Waals surface area contributed by atoms with Crippen molar-refractivity contribution in [1.29, 1.82) is 0 Å². The number of halogens is 2. The fourth-order valence-electron chi connectivity index (χ4n) is 2.09. The monoisotopic (exact) mass is 353 g/mol. The van der Waals surface area contributed by atoms with Gasteiger partial charge in [-0.3, -0.25) is 4.79 Å². The maximum atomic E-state index is 12.1. The van der Waals surface area contributed by atoms with Gasteiger partial charge in [-0.05, 0) is 23.8 Å². The van der Waals surface area contributed by atoms with Crippen molar-refractivity contribution in [2.24, 2.45) is 0 Å². The van der Waals surface area contributed by atoms with Gasteiger partial charge in [0.2, 0.25) is 5.91 Å². The molecule has 0 atom stereocenters. The van der Waals surface area contributed by atoms with Crippen LogP contribution in [0.2, 0.25) is 10.0 Å². The van der Waals surface area contributed by atoms with Crippen molar-refractivity contribution in [1.82, 2.24) is 5.32 Å². The number of ether oxygens (including phenoxy) is 2. The van der Waals surface area contributed by atoms with Crippen LogP contribution in [0.25, 0.3) is 0 Å². The van der Waals surface area contributed by atoms with Crippen LogP contribution in [-0.4, -0.2) is 20.1 Å². The summed E-state index contributed by atoms with van der Waals surface area (Å²) < 4.78 is 10.4. The Hall–Kier alpha value is -1.91. The number of amides is 1. The number of methoxy groups -OCH3 is 2. The normalized spacial score (nSPS) is 10.3. The van der Waals surface area contributed by atoms with Crippen molar-refractivity contribution in [3.05, 3.63) is 57.6 Å². The van der Waals surface area contributed by atoms with Gasteiger partial charge in [0, 0.05) is 28.2 Å². The quantitative estimate of drug-likeness (QED) is 0.857. The Balaban J connectivity index is 1.99.